The first-order valence-corrected chi connectivity index (χ1v) is 11.4. The van der Waals surface area contributed by atoms with E-state index in [1.807, 2.05) is 31.2 Å². The van der Waals surface area contributed by atoms with Gasteiger partial charge in [0.15, 0.2) is 5.84 Å². The number of sulfonamides is 1. The maximum Gasteiger partial charge on any atom is 0.338 e. The molecule has 3 aromatic carbocycles. The molecule has 168 valence electrons. The third-order valence-electron chi connectivity index (χ3n) is 5.08. The molecule has 1 aliphatic rings. The van der Waals surface area contributed by atoms with Gasteiger partial charge in [-0.3, -0.25) is 10.1 Å². The summed E-state index contributed by atoms with van der Waals surface area (Å²) >= 11 is 0. The summed E-state index contributed by atoms with van der Waals surface area (Å²) in [5, 5.41) is 10.8. The first-order valence-electron chi connectivity index (χ1n) is 9.96. The van der Waals surface area contributed by atoms with Crippen LogP contribution in [0.5, 0.6) is 0 Å². The zero-order valence-electron chi connectivity index (χ0n) is 17.5. The van der Waals surface area contributed by atoms with Crippen LogP contribution in [0.25, 0.3) is 0 Å². The maximum absolute atomic E-state index is 12.5. The fourth-order valence-electron chi connectivity index (χ4n) is 3.40. The number of aryl methyl sites for hydroxylation is 1. The van der Waals surface area contributed by atoms with Crippen molar-refractivity contribution in [3.63, 3.8) is 0 Å². The van der Waals surface area contributed by atoms with Crippen molar-refractivity contribution in [1.82, 2.24) is 0 Å². The number of carbonyl (C=O) groups is 1. The summed E-state index contributed by atoms with van der Waals surface area (Å²) in [5.74, 6) is -0.393. The molecule has 1 aliphatic heterocycles. The smallest absolute Gasteiger partial charge is 0.338 e. The summed E-state index contributed by atoms with van der Waals surface area (Å²) in [6.45, 7) is 2.02. The van der Waals surface area contributed by atoms with Gasteiger partial charge in [0.1, 0.15) is 11.5 Å². The predicted octanol–water partition coefficient (Wildman–Crippen LogP) is 3.72. The van der Waals surface area contributed by atoms with E-state index in [0.717, 1.165) is 5.56 Å². The normalized spacial score (nSPS) is 13.7. The molecule has 0 atom stereocenters. The van der Waals surface area contributed by atoms with Gasteiger partial charge in [-0.2, -0.15) is 8.42 Å². The van der Waals surface area contributed by atoms with E-state index >= 15 is 0 Å². The van der Waals surface area contributed by atoms with Crippen LogP contribution in [0.1, 0.15) is 21.5 Å². The van der Waals surface area contributed by atoms with Crippen molar-refractivity contribution in [2.24, 2.45) is 4.40 Å². The highest BCUT2D eigenvalue weighted by Crippen LogP contribution is 2.30. The minimum atomic E-state index is -3.83. The predicted molar refractivity (Wildman–Crippen MR) is 122 cm³/mol. The van der Waals surface area contributed by atoms with Crippen LogP contribution in [-0.4, -0.2) is 38.3 Å². The summed E-state index contributed by atoms with van der Waals surface area (Å²) in [4.78, 5) is 24.4. The second kappa shape index (κ2) is 8.83. The number of carbonyl (C=O) groups excluding carboxylic acids is 1. The van der Waals surface area contributed by atoms with Gasteiger partial charge >= 0.3 is 5.97 Å². The molecule has 0 aromatic heterocycles. The second-order valence-corrected chi connectivity index (χ2v) is 8.89. The lowest BCUT2D eigenvalue weighted by atomic mass is 10.1. The van der Waals surface area contributed by atoms with E-state index in [1.165, 1.54) is 30.3 Å². The second-order valence-electron chi connectivity index (χ2n) is 7.31. The van der Waals surface area contributed by atoms with Crippen LogP contribution in [0.15, 0.2) is 82.1 Å². The molecular weight excluding hydrogens is 446 g/mol. The Morgan fingerprint density at radius 2 is 1.70 bits per heavy atom. The van der Waals surface area contributed by atoms with Gasteiger partial charge in [-0.05, 0) is 43.3 Å². The lowest BCUT2D eigenvalue weighted by molar-refractivity contribution is -0.384. The number of anilines is 1. The molecule has 0 bridgehead atoms. The molecule has 0 saturated carbocycles. The lowest BCUT2D eigenvalue weighted by Gasteiger charge is -2.24. The highest BCUT2D eigenvalue weighted by molar-refractivity contribution is 7.90. The SMILES string of the molecule is Cc1ccc(N(CCOC(=O)c2ccc([N+](=O)[O-])cc2)C2=NS(=O)(=O)c3ccccc32)cc1. The van der Waals surface area contributed by atoms with E-state index in [9.17, 15) is 23.3 Å². The summed E-state index contributed by atoms with van der Waals surface area (Å²) in [7, 11) is -3.83. The van der Waals surface area contributed by atoms with Gasteiger partial charge in [-0.15, -0.1) is 4.40 Å². The van der Waals surface area contributed by atoms with Crippen LogP contribution < -0.4 is 4.90 Å². The number of hydrogen-bond acceptors (Lipinski definition) is 7. The van der Waals surface area contributed by atoms with Crippen LogP contribution in [0.2, 0.25) is 0 Å². The number of benzene rings is 3. The molecule has 3 aromatic rings. The van der Waals surface area contributed by atoms with Crippen molar-refractivity contribution < 1.29 is 22.9 Å². The minimum Gasteiger partial charge on any atom is -0.460 e. The lowest BCUT2D eigenvalue weighted by Crippen LogP contribution is -2.34. The largest absolute Gasteiger partial charge is 0.460 e. The standard InChI is InChI=1S/C23H19N3O6S/c1-16-6-10-18(11-7-16)25(22-20-4-2-3-5-21(20)33(30,31)24-22)14-15-32-23(27)17-8-12-19(13-9-17)26(28)29/h2-13H,14-15H2,1H3. The summed E-state index contributed by atoms with van der Waals surface area (Å²) < 4.78 is 34.4. The maximum atomic E-state index is 12.5. The number of non-ortho nitro benzene ring substituents is 1. The molecule has 4 rings (SSSR count). The van der Waals surface area contributed by atoms with E-state index in [4.69, 9.17) is 4.74 Å². The molecule has 10 heteroatoms. The third-order valence-corrected chi connectivity index (χ3v) is 6.40. The summed E-state index contributed by atoms with van der Waals surface area (Å²) in [5.41, 5.74) is 2.24. The van der Waals surface area contributed by atoms with Gasteiger partial charge < -0.3 is 9.64 Å². The first-order chi connectivity index (χ1) is 15.8. The Balaban J connectivity index is 1.56. The van der Waals surface area contributed by atoms with Gasteiger partial charge in [0.05, 0.1) is 17.0 Å². The van der Waals surface area contributed by atoms with Crippen LogP contribution in [-0.2, 0) is 14.8 Å². The van der Waals surface area contributed by atoms with Crippen LogP contribution in [0.3, 0.4) is 0 Å². The molecular formula is C23H19N3O6S. The van der Waals surface area contributed by atoms with Gasteiger partial charge in [0.2, 0.25) is 0 Å². The Hall–Kier alpha value is -4.05. The van der Waals surface area contributed by atoms with Crippen molar-refractivity contribution in [1.29, 1.82) is 0 Å². The summed E-state index contributed by atoms with van der Waals surface area (Å²) in [6.07, 6.45) is 0. The van der Waals surface area contributed by atoms with E-state index in [2.05, 4.69) is 4.40 Å². The minimum absolute atomic E-state index is 0.0646. The molecule has 9 nitrogen and oxygen atoms in total. The molecule has 0 fully saturated rings. The van der Waals surface area contributed by atoms with E-state index in [0.29, 0.717) is 11.3 Å². The Labute approximate surface area is 190 Å². The Kier molecular flexibility index (Phi) is 5.93. The van der Waals surface area contributed by atoms with Gasteiger partial charge in [0, 0.05) is 23.4 Å². The van der Waals surface area contributed by atoms with Crippen LogP contribution in [0, 0.1) is 17.0 Å². The molecule has 0 radical (unpaired) electrons. The number of nitro benzene ring substituents is 1. The zero-order valence-corrected chi connectivity index (χ0v) is 18.4. The molecule has 1 heterocycles. The number of hydrogen-bond donors (Lipinski definition) is 0. The van der Waals surface area contributed by atoms with Crippen molar-refractivity contribution in [3.8, 4) is 0 Å². The number of nitro groups is 1. The monoisotopic (exact) mass is 465 g/mol. The number of nitrogens with zero attached hydrogens (tertiary/aromatic N) is 3. The molecule has 0 N–H and O–H groups in total. The van der Waals surface area contributed by atoms with Crippen LogP contribution >= 0.6 is 0 Å². The fourth-order valence-corrected chi connectivity index (χ4v) is 4.61. The van der Waals surface area contributed by atoms with E-state index in [-0.39, 0.29) is 35.1 Å². The number of esters is 1. The number of amidine groups is 1. The number of ether oxygens (including phenoxy) is 1. The zero-order chi connectivity index (χ0) is 23.6. The van der Waals surface area contributed by atoms with Gasteiger partial charge in [-0.25, -0.2) is 4.79 Å². The van der Waals surface area contributed by atoms with Crippen molar-refractivity contribution in [2.45, 2.75) is 11.8 Å². The molecule has 0 unspecified atom stereocenters. The quantitative estimate of drug-likeness (QED) is 0.309. The summed E-state index contributed by atoms with van der Waals surface area (Å²) in [6, 6.07) is 19.1. The van der Waals surface area contributed by atoms with Crippen LogP contribution in [0.4, 0.5) is 11.4 Å². The number of fused-ring (bicyclic) bond motifs is 1. The highest BCUT2D eigenvalue weighted by atomic mass is 32.2. The van der Waals surface area contributed by atoms with Crippen molar-refractivity contribution in [3.05, 3.63) is 99.6 Å². The van der Waals surface area contributed by atoms with Crippen molar-refractivity contribution in [2.75, 3.05) is 18.1 Å². The van der Waals surface area contributed by atoms with Gasteiger partial charge in [0.25, 0.3) is 15.7 Å². The Morgan fingerprint density at radius 3 is 2.36 bits per heavy atom. The molecule has 33 heavy (non-hydrogen) atoms. The molecule has 0 saturated heterocycles. The Bertz CT molecular complexity index is 1350. The average Bonchev–Trinajstić information content (AvgIpc) is 3.08. The first kappa shape index (κ1) is 22.2. The van der Waals surface area contributed by atoms with E-state index in [1.54, 1.807) is 23.1 Å². The number of rotatable bonds is 6. The highest BCUT2D eigenvalue weighted by Gasteiger charge is 2.32. The molecule has 0 aliphatic carbocycles. The topological polar surface area (TPSA) is 119 Å². The van der Waals surface area contributed by atoms with Gasteiger partial charge in [-0.1, -0.05) is 29.8 Å². The van der Waals surface area contributed by atoms with Crippen molar-refractivity contribution >= 4 is 33.2 Å². The third kappa shape index (κ3) is 4.60. The Morgan fingerprint density at radius 1 is 1.03 bits per heavy atom. The average molecular weight is 465 g/mol. The molecule has 0 spiro atoms. The molecule has 0 amide bonds. The van der Waals surface area contributed by atoms with E-state index < -0.39 is 20.9 Å². The fraction of sp³-hybridized carbons (Fsp3) is 0.130.